The van der Waals surface area contributed by atoms with E-state index in [1.165, 1.54) is 12.1 Å². The van der Waals surface area contributed by atoms with Crippen molar-refractivity contribution < 1.29 is 13.0 Å². The largest absolute Gasteiger partial charge is 0.354 e. The van der Waals surface area contributed by atoms with E-state index in [-0.39, 0.29) is 17.8 Å². The molecule has 0 heterocycles. The third-order valence-electron chi connectivity index (χ3n) is 4.23. The van der Waals surface area contributed by atoms with Crippen LogP contribution in [0.15, 0.2) is 23.2 Å². The molecule has 1 aliphatic carbocycles. The Morgan fingerprint density at radius 3 is 2.62 bits per heavy atom. The molecular weight excluding hydrogens is 332 g/mol. The lowest BCUT2D eigenvalue weighted by atomic mass is 9.95. The zero-order valence-corrected chi connectivity index (χ0v) is 15.0. The molecule has 3 atom stereocenters. The molecule has 3 unspecified atom stereocenters. The van der Waals surface area contributed by atoms with Crippen LogP contribution in [0.2, 0.25) is 0 Å². The molecule has 1 aliphatic rings. The van der Waals surface area contributed by atoms with Crippen LogP contribution in [-0.4, -0.2) is 34.3 Å². The number of hydrogen-bond acceptors (Lipinski definition) is 2. The number of nitrogens with one attached hydrogen (secondary N) is 2. The third kappa shape index (κ3) is 5.54. The number of halogens is 2. The molecule has 0 aromatic heterocycles. The number of rotatable bonds is 5. The van der Waals surface area contributed by atoms with Crippen LogP contribution in [0.5, 0.6) is 0 Å². The standard InChI is InChI=1S/C17H25F2N3OS/c1-3-24(23)16-6-4-5-15(10-16)22-17(20-2)21-11-12-7-13(18)9-14(19)8-12/h7-9,15-16H,3-6,10-11H2,1-2H3,(H2,20,21,22). The Labute approximate surface area is 144 Å². The van der Waals surface area contributed by atoms with Crippen molar-refractivity contribution in [2.75, 3.05) is 12.8 Å². The fourth-order valence-corrected chi connectivity index (χ4v) is 4.39. The average molecular weight is 357 g/mol. The van der Waals surface area contributed by atoms with Gasteiger partial charge in [-0.2, -0.15) is 0 Å². The zero-order valence-electron chi connectivity index (χ0n) is 14.1. The Kier molecular flexibility index (Phi) is 7.15. The van der Waals surface area contributed by atoms with E-state index in [0.717, 1.165) is 31.7 Å². The Morgan fingerprint density at radius 1 is 1.29 bits per heavy atom. The number of guanidine groups is 1. The van der Waals surface area contributed by atoms with Gasteiger partial charge in [0.2, 0.25) is 0 Å². The number of nitrogens with zero attached hydrogens (tertiary/aromatic N) is 1. The van der Waals surface area contributed by atoms with Crippen LogP contribution in [-0.2, 0) is 17.3 Å². The minimum atomic E-state index is -0.773. The van der Waals surface area contributed by atoms with E-state index in [9.17, 15) is 13.0 Å². The average Bonchev–Trinajstić information content (AvgIpc) is 2.57. The summed E-state index contributed by atoms with van der Waals surface area (Å²) < 4.78 is 38.4. The fraction of sp³-hybridized carbons (Fsp3) is 0.588. The highest BCUT2D eigenvalue weighted by molar-refractivity contribution is 7.85. The molecule has 1 aromatic carbocycles. The molecule has 0 radical (unpaired) electrons. The lowest BCUT2D eigenvalue weighted by Gasteiger charge is -2.30. The molecule has 1 aromatic rings. The van der Waals surface area contributed by atoms with E-state index in [0.29, 0.717) is 17.3 Å². The molecule has 7 heteroatoms. The zero-order chi connectivity index (χ0) is 17.5. The van der Waals surface area contributed by atoms with Crippen LogP contribution in [0.4, 0.5) is 8.78 Å². The molecule has 2 N–H and O–H groups in total. The lowest BCUT2D eigenvalue weighted by molar-refractivity contribution is 0.413. The molecule has 2 rings (SSSR count). The van der Waals surface area contributed by atoms with Gasteiger partial charge in [-0.1, -0.05) is 13.3 Å². The summed E-state index contributed by atoms with van der Waals surface area (Å²) in [7, 11) is 0.885. The first-order valence-electron chi connectivity index (χ1n) is 8.31. The van der Waals surface area contributed by atoms with Gasteiger partial charge in [0.05, 0.1) is 0 Å². The van der Waals surface area contributed by atoms with Gasteiger partial charge in [-0.05, 0) is 37.0 Å². The van der Waals surface area contributed by atoms with Gasteiger partial charge in [-0.15, -0.1) is 0 Å². The summed E-state index contributed by atoms with van der Waals surface area (Å²) in [5.74, 6) is 0.0987. The summed E-state index contributed by atoms with van der Waals surface area (Å²) in [5.41, 5.74) is 0.518. The summed E-state index contributed by atoms with van der Waals surface area (Å²) in [6.45, 7) is 2.23. The second-order valence-electron chi connectivity index (χ2n) is 6.00. The molecule has 0 amide bonds. The van der Waals surface area contributed by atoms with Crippen LogP contribution in [0, 0.1) is 11.6 Å². The van der Waals surface area contributed by atoms with Gasteiger partial charge < -0.3 is 10.6 Å². The molecule has 1 saturated carbocycles. The minimum Gasteiger partial charge on any atom is -0.354 e. The van der Waals surface area contributed by atoms with Gasteiger partial charge >= 0.3 is 0 Å². The van der Waals surface area contributed by atoms with Crippen molar-refractivity contribution in [2.24, 2.45) is 4.99 Å². The molecule has 1 fully saturated rings. The Bertz CT molecular complexity index is 589. The monoisotopic (exact) mass is 357 g/mol. The van der Waals surface area contributed by atoms with Crippen molar-refractivity contribution in [1.82, 2.24) is 10.6 Å². The summed E-state index contributed by atoms with van der Waals surface area (Å²) in [6.07, 6.45) is 3.91. The summed E-state index contributed by atoms with van der Waals surface area (Å²) >= 11 is 0. The number of aliphatic imine (C=N–C) groups is 1. The molecule has 0 aliphatic heterocycles. The quantitative estimate of drug-likeness (QED) is 0.629. The molecule has 0 spiro atoms. The van der Waals surface area contributed by atoms with E-state index in [1.807, 2.05) is 6.92 Å². The summed E-state index contributed by atoms with van der Waals surface area (Å²) in [6, 6.07) is 3.66. The first-order valence-corrected chi connectivity index (χ1v) is 9.69. The Balaban J connectivity index is 1.89. The van der Waals surface area contributed by atoms with Crippen molar-refractivity contribution in [1.29, 1.82) is 0 Å². The second-order valence-corrected chi connectivity index (χ2v) is 8.01. The van der Waals surface area contributed by atoms with Crippen molar-refractivity contribution in [3.05, 3.63) is 35.4 Å². The second kappa shape index (κ2) is 9.11. The van der Waals surface area contributed by atoms with Crippen LogP contribution >= 0.6 is 0 Å². The number of hydrogen-bond donors (Lipinski definition) is 2. The Morgan fingerprint density at radius 2 is 2.00 bits per heavy atom. The SMILES string of the molecule is CCS(=O)C1CCCC(NC(=NC)NCc2cc(F)cc(F)c2)C1. The van der Waals surface area contributed by atoms with Crippen LogP contribution in [0.25, 0.3) is 0 Å². The minimum absolute atomic E-state index is 0.217. The van der Waals surface area contributed by atoms with Crippen molar-refractivity contribution in [2.45, 2.75) is 50.4 Å². The van der Waals surface area contributed by atoms with E-state index in [2.05, 4.69) is 15.6 Å². The maximum Gasteiger partial charge on any atom is 0.191 e. The predicted molar refractivity (Wildman–Crippen MR) is 94.4 cm³/mol. The highest BCUT2D eigenvalue weighted by Crippen LogP contribution is 2.23. The predicted octanol–water partition coefficient (Wildman–Crippen LogP) is 2.71. The first-order chi connectivity index (χ1) is 11.5. The smallest absolute Gasteiger partial charge is 0.191 e. The Hall–Kier alpha value is -1.50. The topological polar surface area (TPSA) is 53.5 Å². The van der Waals surface area contributed by atoms with Gasteiger partial charge in [0, 0.05) is 47.5 Å². The van der Waals surface area contributed by atoms with E-state index in [4.69, 9.17) is 0 Å². The van der Waals surface area contributed by atoms with Gasteiger partial charge in [-0.3, -0.25) is 9.20 Å². The van der Waals surface area contributed by atoms with Gasteiger partial charge in [0.25, 0.3) is 0 Å². The van der Waals surface area contributed by atoms with Gasteiger partial charge in [0.15, 0.2) is 5.96 Å². The normalized spacial score (nSPS) is 22.9. The molecule has 134 valence electrons. The van der Waals surface area contributed by atoms with E-state index >= 15 is 0 Å². The van der Waals surface area contributed by atoms with Crippen LogP contribution in [0.1, 0.15) is 38.2 Å². The van der Waals surface area contributed by atoms with E-state index < -0.39 is 22.4 Å². The van der Waals surface area contributed by atoms with Crippen LogP contribution in [0.3, 0.4) is 0 Å². The molecule has 24 heavy (non-hydrogen) atoms. The third-order valence-corrected chi connectivity index (χ3v) is 5.97. The highest BCUT2D eigenvalue weighted by Gasteiger charge is 2.25. The van der Waals surface area contributed by atoms with E-state index in [1.54, 1.807) is 7.05 Å². The summed E-state index contributed by atoms with van der Waals surface area (Å²) in [5, 5.41) is 6.64. The molecule has 0 bridgehead atoms. The maximum atomic E-state index is 13.2. The summed E-state index contributed by atoms with van der Waals surface area (Å²) in [4.78, 5) is 4.16. The number of benzene rings is 1. The highest BCUT2D eigenvalue weighted by atomic mass is 32.2. The van der Waals surface area contributed by atoms with Crippen LogP contribution < -0.4 is 10.6 Å². The first kappa shape index (κ1) is 18.8. The molecule has 0 saturated heterocycles. The van der Waals surface area contributed by atoms with Gasteiger partial charge in [0.1, 0.15) is 11.6 Å². The van der Waals surface area contributed by atoms with Crippen molar-refractivity contribution >= 4 is 16.8 Å². The molecule has 4 nitrogen and oxygen atoms in total. The fourth-order valence-electron chi connectivity index (χ4n) is 3.04. The van der Waals surface area contributed by atoms with Gasteiger partial charge in [-0.25, -0.2) is 8.78 Å². The van der Waals surface area contributed by atoms with Crippen molar-refractivity contribution in [3.8, 4) is 0 Å². The maximum absolute atomic E-state index is 13.2. The molecular formula is C17H25F2N3OS. The lowest BCUT2D eigenvalue weighted by Crippen LogP contribution is -2.46. The van der Waals surface area contributed by atoms with Crippen molar-refractivity contribution in [3.63, 3.8) is 0 Å².